The highest BCUT2D eigenvalue weighted by atomic mass is 16.2. The number of nitrogens with one attached hydrogen (secondary N) is 1. The Morgan fingerprint density at radius 2 is 2.11 bits per heavy atom. The SMILES string of the molecule is CC(C)(C)C1CCCCC1NC(=O)Cn1cnnn1. The molecule has 0 aromatic carbocycles. The summed E-state index contributed by atoms with van der Waals surface area (Å²) in [7, 11) is 0. The van der Waals surface area contributed by atoms with Crippen molar-refractivity contribution in [3.8, 4) is 0 Å². The molecule has 0 radical (unpaired) electrons. The maximum atomic E-state index is 12.0. The second-order valence-corrected chi connectivity index (χ2v) is 6.44. The van der Waals surface area contributed by atoms with Crippen LogP contribution in [0.1, 0.15) is 46.5 Å². The molecule has 6 heteroatoms. The molecule has 1 aliphatic rings. The standard InChI is InChI=1S/C13H23N5O/c1-13(2,3)10-6-4-5-7-11(10)15-12(19)8-18-9-14-16-17-18/h9-11H,4-8H2,1-3H3,(H,15,19). The Morgan fingerprint density at radius 3 is 2.74 bits per heavy atom. The minimum absolute atomic E-state index is 0.00606. The highest BCUT2D eigenvalue weighted by Crippen LogP contribution is 2.37. The highest BCUT2D eigenvalue weighted by Gasteiger charge is 2.34. The maximum Gasteiger partial charge on any atom is 0.242 e. The molecule has 19 heavy (non-hydrogen) atoms. The predicted molar refractivity (Wildman–Crippen MR) is 71.2 cm³/mol. The average molecular weight is 265 g/mol. The van der Waals surface area contributed by atoms with Gasteiger partial charge < -0.3 is 5.32 Å². The minimum atomic E-state index is -0.00606. The van der Waals surface area contributed by atoms with E-state index in [0.717, 1.165) is 6.42 Å². The molecule has 6 nitrogen and oxygen atoms in total. The fourth-order valence-electron chi connectivity index (χ4n) is 2.99. The van der Waals surface area contributed by atoms with Crippen LogP contribution >= 0.6 is 0 Å². The van der Waals surface area contributed by atoms with Crippen LogP contribution in [0.15, 0.2) is 6.33 Å². The second-order valence-electron chi connectivity index (χ2n) is 6.44. The van der Waals surface area contributed by atoms with Gasteiger partial charge in [0.15, 0.2) is 0 Å². The Hall–Kier alpha value is -1.46. The first-order valence-electron chi connectivity index (χ1n) is 6.97. The van der Waals surface area contributed by atoms with E-state index < -0.39 is 0 Å². The molecule has 0 bridgehead atoms. The molecular weight excluding hydrogens is 242 g/mol. The van der Waals surface area contributed by atoms with Crippen LogP contribution in [0.5, 0.6) is 0 Å². The number of tetrazole rings is 1. The molecule has 1 heterocycles. The van der Waals surface area contributed by atoms with Crippen LogP contribution in [0.3, 0.4) is 0 Å². The number of aromatic nitrogens is 4. The van der Waals surface area contributed by atoms with Gasteiger partial charge in [0, 0.05) is 6.04 Å². The Morgan fingerprint density at radius 1 is 1.37 bits per heavy atom. The van der Waals surface area contributed by atoms with Crippen molar-refractivity contribution >= 4 is 5.91 Å². The van der Waals surface area contributed by atoms with Gasteiger partial charge in [0.2, 0.25) is 5.91 Å². The molecule has 1 aliphatic carbocycles. The second kappa shape index (κ2) is 5.67. The van der Waals surface area contributed by atoms with Gasteiger partial charge in [0.25, 0.3) is 0 Å². The predicted octanol–water partition coefficient (Wildman–Crippen LogP) is 1.39. The quantitative estimate of drug-likeness (QED) is 0.896. The van der Waals surface area contributed by atoms with Crippen LogP contribution in [0.2, 0.25) is 0 Å². The molecule has 2 unspecified atom stereocenters. The van der Waals surface area contributed by atoms with E-state index in [1.165, 1.54) is 30.3 Å². The number of carbonyl (C=O) groups excluding carboxylic acids is 1. The zero-order chi connectivity index (χ0) is 13.9. The number of hydrogen-bond acceptors (Lipinski definition) is 4. The third kappa shape index (κ3) is 3.75. The third-order valence-corrected chi connectivity index (χ3v) is 3.92. The lowest BCUT2D eigenvalue weighted by atomic mass is 9.69. The van der Waals surface area contributed by atoms with Gasteiger partial charge in [-0.3, -0.25) is 4.79 Å². The van der Waals surface area contributed by atoms with E-state index in [2.05, 4.69) is 41.6 Å². The van der Waals surface area contributed by atoms with Gasteiger partial charge in [-0.05, 0) is 34.6 Å². The average Bonchev–Trinajstić information content (AvgIpc) is 2.81. The zero-order valence-electron chi connectivity index (χ0n) is 12.0. The molecule has 2 rings (SSSR count). The third-order valence-electron chi connectivity index (χ3n) is 3.92. The van der Waals surface area contributed by atoms with Crippen molar-refractivity contribution in [2.75, 3.05) is 0 Å². The minimum Gasteiger partial charge on any atom is -0.351 e. The number of rotatable bonds is 3. The van der Waals surface area contributed by atoms with E-state index in [1.54, 1.807) is 0 Å². The molecule has 0 spiro atoms. The molecule has 1 N–H and O–H groups in total. The van der Waals surface area contributed by atoms with Crippen LogP contribution in [0.4, 0.5) is 0 Å². The number of nitrogens with zero attached hydrogens (tertiary/aromatic N) is 4. The largest absolute Gasteiger partial charge is 0.351 e. The van der Waals surface area contributed by atoms with Crippen LogP contribution in [0, 0.1) is 11.3 Å². The molecule has 2 atom stereocenters. The Bertz CT molecular complexity index is 409. The van der Waals surface area contributed by atoms with E-state index in [4.69, 9.17) is 0 Å². The zero-order valence-corrected chi connectivity index (χ0v) is 12.0. The van der Waals surface area contributed by atoms with Gasteiger partial charge >= 0.3 is 0 Å². The van der Waals surface area contributed by atoms with Gasteiger partial charge in [0.05, 0.1) is 0 Å². The summed E-state index contributed by atoms with van der Waals surface area (Å²) in [6, 6.07) is 0.276. The molecule has 0 saturated heterocycles. The first kappa shape index (κ1) is 14.0. The van der Waals surface area contributed by atoms with E-state index in [0.29, 0.717) is 5.92 Å². The summed E-state index contributed by atoms with van der Waals surface area (Å²) in [5.41, 5.74) is 0.229. The van der Waals surface area contributed by atoms with Crippen LogP contribution in [0.25, 0.3) is 0 Å². The molecular formula is C13H23N5O. The normalized spacial score (nSPS) is 24.2. The van der Waals surface area contributed by atoms with E-state index >= 15 is 0 Å². The summed E-state index contributed by atoms with van der Waals surface area (Å²) in [6.45, 7) is 6.96. The smallest absolute Gasteiger partial charge is 0.242 e. The topological polar surface area (TPSA) is 72.7 Å². The van der Waals surface area contributed by atoms with Crippen LogP contribution in [-0.4, -0.2) is 32.2 Å². The lowest BCUT2D eigenvalue weighted by Gasteiger charge is -2.40. The lowest BCUT2D eigenvalue weighted by molar-refractivity contribution is -0.123. The summed E-state index contributed by atoms with van der Waals surface area (Å²) in [6.07, 6.45) is 6.19. The summed E-state index contributed by atoms with van der Waals surface area (Å²) < 4.78 is 1.45. The number of hydrogen-bond donors (Lipinski definition) is 1. The Balaban J connectivity index is 1.94. The van der Waals surface area contributed by atoms with Crippen LogP contribution < -0.4 is 5.32 Å². The lowest BCUT2D eigenvalue weighted by Crippen LogP contribution is -2.47. The maximum absolute atomic E-state index is 12.0. The van der Waals surface area contributed by atoms with Crippen molar-refractivity contribution in [2.45, 2.75) is 59.0 Å². The summed E-state index contributed by atoms with van der Waals surface area (Å²) in [5, 5.41) is 13.9. The van der Waals surface area contributed by atoms with E-state index in [-0.39, 0.29) is 23.9 Å². The monoisotopic (exact) mass is 265 g/mol. The molecule has 1 amide bonds. The fourth-order valence-corrected chi connectivity index (χ4v) is 2.99. The van der Waals surface area contributed by atoms with Crippen molar-refractivity contribution in [3.63, 3.8) is 0 Å². The number of amides is 1. The Labute approximate surface area is 113 Å². The van der Waals surface area contributed by atoms with Crippen molar-refractivity contribution < 1.29 is 4.79 Å². The van der Waals surface area contributed by atoms with E-state index in [9.17, 15) is 4.79 Å². The van der Waals surface area contributed by atoms with Gasteiger partial charge in [0.1, 0.15) is 12.9 Å². The molecule has 0 aliphatic heterocycles. The number of carbonyl (C=O) groups is 1. The molecule has 1 saturated carbocycles. The summed E-state index contributed by atoms with van der Waals surface area (Å²) in [5.74, 6) is 0.535. The fraction of sp³-hybridized carbons (Fsp3) is 0.846. The summed E-state index contributed by atoms with van der Waals surface area (Å²) in [4.78, 5) is 12.0. The molecule has 106 valence electrons. The van der Waals surface area contributed by atoms with Gasteiger partial charge in [-0.1, -0.05) is 33.6 Å². The molecule has 1 fully saturated rings. The van der Waals surface area contributed by atoms with Crippen molar-refractivity contribution in [1.82, 2.24) is 25.5 Å². The highest BCUT2D eigenvalue weighted by molar-refractivity contribution is 5.75. The first-order chi connectivity index (χ1) is 8.97. The van der Waals surface area contributed by atoms with Gasteiger partial charge in [-0.25, -0.2) is 4.68 Å². The Kier molecular flexibility index (Phi) is 4.17. The molecule has 1 aromatic rings. The van der Waals surface area contributed by atoms with Crippen molar-refractivity contribution in [1.29, 1.82) is 0 Å². The first-order valence-corrected chi connectivity index (χ1v) is 6.97. The summed E-state index contributed by atoms with van der Waals surface area (Å²) >= 11 is 0. The van der Waals surface area contributed by atoms with Crippen molar-refractivity contribution in [3.05, 3.63) is 6.33 Å². The van der Waals surface area contributed by atoms with E-state index in [1.807, 2.05) is 0 Å². The molecule has 1 aromatic heterocycles. The van der Waals surface area contributed by atoms with Gasteiger partial charge in [-0.2, -0.15) is 0 Å². The van der Waals surface area contributed by atoms with Crippen molar-refractivity contribution in [2.24, 2.45) is 11.3 Å². The van der Waals surface area contributed by atoms with Crippen LogP contribution in [-0.2, 0) is 11.3 Å². The van der Waals surface area contributed by atoms with Gasteiger partial charge in [-0.15, -0.1) is 5.10 Å².